The first kappa shape index (κ1) is 32.2. The second kappa shape index (κ2) is 15.2. The number of hydrogen-bond donors (Lipinski definition) is 3. The average molecular weight is 621 g/mol. The molecular weight excluding hydrogens is 580 g/mol. The van der Waals surface area contributed by atoms with Crippen molar-refractivity contribution in [3.05, 3.63) is 130 Å². The summed E-state index contributed by atoms with van der Waals surface area (Å²) in [5.41, 5.74) is 1.82. The Labute approximate surface area is 268 Å². The molecule has 1 atom stereocenters. The fraction of sp³-hybridized carbons (Fsp3) is 0.270. The molecule has 0 aliphatic carbocycles. The van der Waals surface area contributed by atoms with Gasteiger partial charge in [0.25, 0.3) is 5.56 Å². The van der Waals surface area contributed by atoms with Gasteiger partial charge in [0, 0.05) is 18.0 Å². The Morgan fingerprint density at radius 3 is 2.07 bits per heavy atom. The highest BCUT2D eigenvalue weighted by atomic mass is 16.5. The first-order valence-corrected chi connectivity index (χ1v) is 15.4. The number of esters is 1. The van der Waals surface area contributed by atoms with Crippen LogP contribution in [0.2, 0.25) is 0 Å². The van der Waals surface area contributed by atoms with E-state index in [1.807, 2.05) is 111 Å². The van der Waals surface area contributed by atoms with Crippen LogP contribution in [0.15, 0.2) is 108 Å². The van der Waals surface area contributed by atoms with Crippen molar-refractivity contribution in [2.75, 3.05) is 25.5 Å². The number of nitrogens with zero attached hydrogens (tertiary/aromatic N) is 1. The number of ether oxygens (including phenoxy) is 3. The van der Waals surface area contributed by atoms with Crippen molar-refractivity contribution >= 4 is 22.6 Å². The van der Waals surface area contributed by atoms with E-state index >= 15 is 0 Å². The summed E-state index contributed by atoms with van der Waals surface area (Å²) in [6, 6.07) is 32.7. The van der Waals surface area contributed by atoms with E-state index in [2.05, 4.69) is 20.8 Å². The van der Waals surface area contributed by atoms with Gasteiger partial charge >= 0.3 is 5.97 Å². The van der Waals surface area contributed by atoms with E-state index < -0.39 is 11.5 Å². The Morgan fingerprint density at radius 1 is 0.804 bits per heavy atom. The van der Waals surface area contributed by atoms with Crippen LogP contribution in [-0.4, -0.2) is 36.4 Å². The molecule has 0 aliphatic rings. The SMILES string of the molecule is COC(=O)C(C)(C)C(NCCCNc1n[nH]c(=O)c2ccccc12)c1ccc(OCc2ccccc2)c(OCc2ccccc2)c1. The van der Waals surface area contributed by atoms with E-state index in [4.69, 9.17) is 14.2 Å². The fourth-order valence-electron chi connectivity index (χ4n) is 5.37. The number of carbonyl (C=O) groups is 1. The molecule has 1 aromatic heterocycles. The first-order chi connectivity index (χ1) is 22.4. The van der Waals surface area contributed by atoms with E-state index in [0.29, 0.717) is 49.0 Å². The van der Waals surface area contributed by atoms with Gasteiger partial charge in [-0.3, -0.25) is 9.59 Å². The number of fused-ring (bicyclic) bond motifs is 1. The topological polar surface area (TPSA) is 115 Å². The molecule has 0 spiro atoms. The van der Waals surface area contributed by atoms with Gasteiger partial charge in [0.1, 0.15) is 13.2 Å². The molecule has 5 aromatic rings. The van der Waals surface area contributed by atoms with Gasteiger partial charge in [-0.1, -0.05) is 84.9 Å². The highest BCUT2D eigenvalue weighted by Gasteiger charge is 2.39. The van der Waals surface area contributed by atoms with Gasteiger partial charge in [-0.05, 0) is 61.7 Å². The van der Waals surface area contributed by atoms with E-state index in [9.17, 15) is 9.59 Å². The molecule has 4 aromatic carbocycles. The lowest BCUT2D eigenvalue weighted by Gasteiger charge is -2.33. The Bertz CT molecular complexity index is 1790. The number of rotatable bonds is 15. The van der Waals surface area contributed by atoms with Gasteiger partial charge in [-0.15, -0.1) is 0 Å². The van der Waals surface area contributed by atoms with Crippen LogP contribution in [0, 0.1) is 5.41 Å². The van der Waals surface area contributed by atoms with Crippen molar-refractivity contribution in [3.8, 4) is 11.5 Å². The van der Waals surface area contributed by atoms with Crippen molar-refractivity contribution in [2.24, 2.45) is 5.41 Å². The largest absolute Gasteiger partial charge is 0.485 e. The molecule has 0 bridgehead atoms. The molecule has 0 aliphatic heterocycles. The Morgan fingerprint density at radius 2 is 1.41 bits per heavy atom. The summed E-state index contributed by atoms with van der Waals surface area (Å²) in [4.78, 5) is 25.2. The molecule has 1 heterocycles. The van der Waals surface area contributed by atoms with Gasteiger partial charge in [-0.25, -0.2) is 5.10 Å². The number of aromatic nitrogens is 2. The number of benzene rings is 4. The highest BCUT2D eigenvalue weighted by Crippen LogP contribution is 2.39. The molecule has 46 heavy (non-hydrogen) atoms. The standard InChI is InChI=1S/C37H40N4O5/c1-37(2,36(43)44-3)33(38-21-12-22-39-34-29-17-10-11-18-30(29)35(42)41-40-34)28-19-20-31(45-24-26-13-6-4-7-14-26)32(23-28)46-25-27-15-8-5-9-16-27/h4-11,13-20,23,33,38H,12,21-22,24-25H2,1-3H3,(H,39,40)(H,41,42). The van der Waals surface area contributed by atoms with Crippen LogP contribution in [0.25, 0.3) is 10.8 Å². The third-order valence-electron chi connectivity index (χ3n) is 7.90. The molecule has 9 heteroatoms. The van der Waals surface area contributed by atoms with Gasteiger partial charge in [0.15, 0.2) is 17.3 Å². The summed E-state index contributed by atoms with van der Waals surface area (Å²) in [5, 5.41) is 15.0. The molecule has 0 fully saturated rings. The van der Waals surface area contributed by atoms with Crippen molar-refractivity contribution in [3.63, 3.8) is 0 Å². The average Bonchev–Trinajstić information content (AvgIpc) is 3.09. The van der Waals surface area contributed by atoms with Crippen molar-refractivity contribution in [1.82, 2.24) is 15.5 Å². The minimum atomic E-state index is -0.901. The lowest BCUT2D eigenvalue weighted by atomic mass is 9.80. The zero-order valence-corrected chi connectivity index (χ0v) is 26.4. The van der Waals surface area contributed by atoms with E-state index in [1.165, 1.54) is 7.11 Å². The van der Waals surface area contributed by atoms with E-state index in [-0.39, 0.29) is 11.5 Å². The fourth-order valence-corrected chi connectivity index (χ4v) is 5.37. The number of hydrogen-bond acceptors (Lipinski definition) is 8. The normalized spacial score (nSPS) is 12.0. The van der Waals surface area contributed by atoms with Crippen molar-refractivity contribution in [2.45, 2.75) is 39.5 Å². The molecule has 0 saturated carbocycles. The van der Waals surface area contributed by atoms with Crippen LogP contribution in [0.3, 0.4) is 0 Å². The van der Waals surface area contributed by atoms with E-state index in [1.54, 1.807) is 6.07 Å². The van der Waals surface area contributed by atoms with Crippen molar-refractivity contribution < 1.29 is 19.0 Å². The number of H-pyrrole nitrogens is 1. The second-order valence-corrected chi connectivity index (χ2v) is 11.6. The summed E-state index contributed by atoms with van der Waals surface area (Å²) in [7, 11) is 1.40. The van der Waals surface area contributed by atoms with E-state index in [0.717, 1.165) is 28.5 Å². The maximum absolute atomic E-state index is 13.0. The third-order valence-corrected chi connectivity index (χ3v) is 7.90. The molecule has 5 rings (SSSR count). The molecule has 0 radical (unpaired) electrons. The molecule has 0 saturated heterocycles. The number of aromatic amines is 1. The van der Waals surface area contributed by atoms with Crippen LogP contribution >= 0.6 is 0 Å². The number of methoxy groups -OCH3 is 1. The summed E-state index contributed by atoms with van der Waals surface area (Å²) in [6.45, 7) is 5.68. The minimum Gasteiger partial charge on any atom is -0.485 e. The predicted octanol–water partition coefficient (Wildman–Crippen LogP) is 6.41. The maximum Gasteiger partial charge on any atom is 0.313 e. The Balaban J connectivity index is 1.34. The predicted molar refractivity (Wildman–Crippen MR) is 180 cm³/mol. The summed E-state index contributed by atoms with van der Waals surface area (Å²) >= 11 is 0. The van der Waals surface area contributed by atoms with Gasteiger partial charge in [0.05, 0.1) is 17.9 Å². The first-order valence-electron chi connectivity index (χ1n) is 15.4. The highest BCUT2D eigenvalue weighted by molar-refractivity contribution is 5.90. The Kier molecular flexibility index (Phi) is 10.7. The molecular formula is C37H40N4O5. The molecule has 9 nitrogen and oxygen atoms in total. The summed E-state index contributed by atoms with van der Waals surface area (Å²) < 4.78 is 17.8. The van der Waals surface area contributed by atoms with Crippen LogP contribution < -0.4 is 25.7 Å². The summed E-state index contributed by atoms with van der Waals surface area (Å²) in [5.74, 6) is 1.49. The molecule has 238 valence electrons. The Hall–Kier alpha value is -5.15. The monoisotopic (exact) mass is 620 g/mol. The number of nitrogens with one attached hydrogen (secondary N) is 3. The molecule has 3 N–H and O–H groups in total. The third kappa shape index (κ3) is 7.92. The number of carbonyl (C=O) groups excluding carboxylic acids is 1. The molecule has 1 unspecified atom stereocenters. The van der Waals surface area contributed by atoms with Gasteiger partial charge in [-0.2, -0.15) is 5.10 Å². The lowest BCUT2D eigenvalue weighted by Crippen LogP contribution is -2.41. The van der Waals surface area contributed by atoms with Crippen LogP contribution in [0.1, 0.15) is 43.0 Å². The molecule has 0 amide bonds. The minimum absolute atomic E-state index is 0.223. The smallest absolute Gasteiger partial charge is 0.313 e. The zero-order valence-electron chi connectivity index (χ0n) is 26.4. The van der Waals surface area contributed by atoms with Gasteiger partial charge in [0.2, 0.25) is 0 Å². The maximum atomic E-state index is 13.0. The summed E-state index contributed by atoms with van der Waals surface area (Å²) in [6.07, 6.45) is 0.721. The lowest BCUT2D eigenvalue weighted by molar-refractivity contribution is -0.152. The zero-order chi connectivity index (χ0) is 32.4. The van der Waals surface area contributed by atoms with Crippen LogP contribution in [0.5, 0.6) is 11.5 Å². The number of anilines is 1. The van der Waals surface area contributed by atoms with Crippen molar-refractivity contribution in [1.29, 1.82) is 0 Å². The quantitative estimate of drug-likeness (QED) is 0.0909. The van der Waals surface area contributed by atoms with Crippen LogP contribution in [-0.2, 0) is 22.7 Å². The van der Waals surface area contributed by atoms with Gasteiger partial charge < -0.3 is 24.8 Å². The second-order valence-electron chi connectivity index (χ2n) is 11.6. The van der Waals surface area contributed by atoms with Crippen LogP contribution in [0.4, 0.5) is 5.82 Å².